The van der Waals surface area contributed by atoms with E-state index in [1.165, 1.54) is 7.11 Å². The summed E-state index contributed by atoms with van der Waals surface area (Å²) in [5.74, 6) is -0.433. The number of carbonyl (C=O) groups is 2. The van der Waals surface area contributed by atoms with Gasteiger partial charge in [0.1, 0.15) is 5.75 Å². The predicted octanol–water partition coefficient (Wildman–Crippen LogP) is 4.39. The fourth-order valence-electron chi connectivity index (χ4n) is 3.95. The van der Waals surface area contributed by atoms with Gasteiger partial charge in [-0.1, -0.05) is 72.8 Å². The summed E-state index contributed by atoms with van der Waals surface area (Å²) < 4.78 is 5.46. The van der Waals surface area contributed by atoms with E-state index in [0.29, 0.717) is 22.7 Å². The molecule has 0 fully saturated rings. The van der Waals surface area contributed by atoms with Crippen molar-refractivity contribution in [2.45, 2.75) is 6.17 Å². The molecule has 1 aliphatic heterocycles. The lowest BCUT2D eigenvalue weighted by atomic mass is 10.0. The Morgan fingerprint density at radius 2 is 1.58 bits per heavy atom. The van der Waals surface area contributed by atoms with E-state index in [9.17, 15) is 9.59 Å². The molecule has 6 heteroatoms. The normalized spacial score (nSPS) is 15.1. The first-order valence-electron chi connectivity index (χ1n) is 10.5. The average Bonchev–Trinajstić information content (AvgIpc) is 2.99. The zero-order valence-corrected chi connectivity index (χ0v) is 17.9. The number of para-hydroxylation sites is 1. The van der Waals surface area contributed by atoms with E-state index < -0.39 is 18.0 Å². The van der Waals surface area contributed by atoms with Crippen LogP contribution in [0.2, 0.25) is 0 Å². The Bertz CT molecular complexity index is 1400. The summed E-state index contributed by atoms with van der Waals surface area (Å²) in [6.07, 6.45) is -1.11. The van der Waals surface area contributed by atoms with Gasteiger partial charge in [-0.2, -0.15) is 0 Å². The van der Waals surface area contributed by atoms with Gasteiger partial charge < -0.3 is 15.4 Å². The molecule has 0 saturated carbocycles. The molecule has 6 nitrogen and oxygen atoms in total. The van der Waals surface area contributed by atoms with Crippen molar-refractivity contribution in [2.75, 3.05) is 12.4 Å². The number of hydrogen-bond donors (Lipinski definition) is 2. The Kier molecular flexibility index (Phi) is 5.32. The number of fused-ring (bicyclic) bond motifs is 2. The Balaban J connectivity index is 1.55. The van der Waals surface area contributed by atoms with Gasteiger partial charge in [0, 0.05) is 11.1 Å². The largest absolute Gasteiger partial charge is 0.496 e. The minimum Gasteiger partial charge on any atom is -0.496 e. The summed E-state index contributed by atoms with van der Waals surface area (Å²) >= 11 is 0. The first kappa shape index (κ1) is 20.5. The summed E-state index contributed by atoms with van der Waals surface area (Å²) in [4.78, 5) is 31.0. The van der Waals surface area contributed by atoms with Crippen LogP contribution in [0.3, 0.4) is 0 Å². The molecule has 0 bridgehead atoms. The highest BCUT2D eigenvalue weighted by Gasteiger charge is 2.28. The van der Waals surface area contributed by atoms with Crippen LogP contribution >= 0.6 is 0 Å². The van der Waals surface area contributed by atoms with Crippen molar-refractivity contribution >= 4 is 34.0 Å². The van der Waals surface area contributed by atoms with Crippen molar-refractivity contribution in [3.05, 3.63) is 108 Å². The molecule has 1 aliphatic rings. The molecule has 0 aromatic heterocycles. The molecular weight excluding hydrogens is 414 g/mol. The van der Waals surface area contributed by atoms with Crippen LogP contribution in [0.4, 0.5) is 5.69 Å². The molecule has 1 heterocycles. The Hall–Kier alpha value is -4.45. The van der Waals surface area contributed by atoms with Crippen molar-refractivity contribution < 1.29 is 14.3 Å². The first-order valence-corrected chi connectivity index (χ1v) is 10.5. The summed E-state index contributed by atoms with van der Waals surface area (Å²) in [6, 6.07) is 28.3. The molecule has 4 aromatic carbocycles. The summed E-state index contributed by atoms with van der Waals surface area (Å²) in [6.45, 7) is 0. The lowest BCUT2D eigenvalue weighted by Crippen LogP contribution is -2.42. The smallest absolute Gasteiger partial charge is 0.269 e. The molecule has 0 spiro atoms. The number of methoxy groups -OCH3 is 1. The van der Waals surface area contributed by atoms with E-state index in [2.05, 4.69) is 15.6 Å². The quantitative estimate of drug-likeness (QED) is 0.499. The van der Waals surface area contributed by atoms with Gasteiger partial charge in [0.05, 0.1) is 24.1 Å². The number of anilines is 1. The van der Waals surface area contributed by atoms with Gasteiger partial charge in [-0.3, -0.25) is 9.59 Å². The zero-order chi connectivity index (χ0) is 22.8. The maximum Gasteiger partial charge on any atom is 0.269 e. The number of benzodiazepines with no additional fused rings is 1. The molecule has 0 aliphatic carbocycles. The molecule has 1 atom stereocenters. The van der Waals surface area contributed by atoms with Crippen LogP contribution in [-0.4, -0.2) is 30.8 Å². The third-order valence-corrected chi connectivity index (χ3v) is 5.57. The van der Waals surface area contributed by atoms with Gasteiger partial charge in [0.25, 0.3) is 11.8 Å². The Morgan fingerprint density at radius 3 is 2.33 bits per heavy atom. The van der Waals surface area contributed by atoms with Gasteiger partial charge in [-0.25, -0.2) is 4.99 Å². The Labute approximate surface area is 190 Å². The summed E-state index contributed by atoms with van der Waals surface area (Å²) in [7, 11) is 1.52. The number of amides is 2. The SMILES string of the molecule is COc1cc2ccccc2cc1C(=O)N[C@H]1N=C(c2ccccc2)c2ccccc2NC1=O. The van der Waals surface area contributed by atoms with E-state index in [1.807, 2.05) is 84.9 Å². The van der Waals surface area contributed by atoms with Crippen molar-refractivity contribution in [1.82, 2.24) is 5.32 Å². The van der Waals surface area contributed by atoms with Crippen LogP contribution in [0.25, 0.3) is 10.8 Å². The monoisotopic (exact) mass is 435 g/mol. The van der Waals surface area contributed by atoms with Crippen LogP contribution in [0.1, 0.15) is 21.5 Å². The number of ether oxygens (including phenoxy) is 1. The number of aliphatic imine (C=N–C) groups is 1. The van der Waals surface area contributed by atoms with Crippen molar-refractivity contribution in [3.63, 3.8) is 0 Å². The van der Waals surface area contributed by atoms with Crippen LogP contribution in [-0.2, 0) is 4.79 Å². The number of nitrogens with one attached hydrogen (secondary N) is 2. The van der Waals surface area contributed by atoms with Crippen molar-refractivity contribution in [2.24, 2.45) is 4.99 Å². The van der Waals surface area contributed by atoms with Crippen molar-refractivity contribution in [1.29, 1.82) is 0 Å². The number of hydrogen-bond acceptors (Lipinski definition) is 4. The molecule has 33 heavy (non-hydrogen) atoms. The summed E-state index contributed by atoms with van der Waals surface area (Å²) in [5.41, 5.74) is 3.24. The number of benzene rings is 4. The first-order chi connectivity index (χ1) is 16.1. The third-order valence-electron chi connectivity index (χ3n) is 5.57. The van der Waals surface area contributed by atoms with Gasteiger partial charge >= 0.3 is 0 Å². The van der Waals surface area contributed by atoms with Crippen LogP contribution in [0, 0.1) is 0 Å². The van der Waals surface area contributed by atoms with E-state index in [-0.39, 0.29) is 0 Å². The van der Waals surface area contributed by atoms with Gasteiger partial charge in [-0.05, 0) is 29.0 Å². The molecule has 5 rings (SSSR count). The lowest BCUT2D eigenvalue weighted by molar-refractivity contribution is -0.117. The lowest BCUT2D eigenvalue weighted by Gasteiger charge is -2.15. The van der Waals surface area contributed by atoms with Gasteiger partial charge in [0.15, 0.2) is 0 Å². The number of carbonyl (C=O) groups excluding carboxylic acids is 2. The molecule has 4 aromatic rings. The zero-order valence-electron chi connectivity index (χ0n) is 17.9. The van der Waals surface area contributed by atoms with Crippen LogP contribution in [0.15, 0.2) is 96.0 Å². The second-order valence-corrected chi connectivity index (χ2v) is 7.65. The van der Waals surface area contributed by atoms with Crippen molar-refractivity contribution in [3.8, 4) is 5.75 Å². The molecule has 2 amide bonds. The minimum atomic E-state index is -1.11. The molecule has 0 unspecified atom stereocenters. The fraction of sp³-hybridized carbons (Fsp3) is 0.0741. The van der Waals surface area contributed by atoms with E-state index in [1.54, 1.807) is 6.07 Å². The van der Waals surface area contributed by atoms with Crippen LogP contribution < -0.4 is 15.4 Å². The Morgan fingerprint density at radius 1 is 0.909 bits per heavy atom. The molecule has 2 N–H and O–H groups in total. The second kappa shape index (κ2) is 8.59. The van der Waals surface area contributed by atoms with Gasteiger partial charge in [-0.15, -0.1) is 0 Å². The molecular formula is C27H21N3O3. The highest BCUT2D eigenvalue weighted by molar-refractivity contribution is 6.20. The predicted molar refractivity (Wildman–Crippen MR) is 129 cm³/mol. The summed E-state index contributed by atoms with van der Waals surface area (Å²) in [5, 5.41) is 7.52. The highest BCUT2D eigenvalue weighted by atomic mass is 16.5. The maximum absolute atomic E-state index is 13.3. The van der Waals surface area contributed by atoms with E-state index in [4.69, 9.17) is 4.74 Å². The number of rotatable bonds is 4. The molecule has 0 saturated heterocycles. The highest BCUT2D eigenvalue weighted by Crippen LogP contribution is 2.27. The maximum atomic E-state index is 13.3. The van der Waals surface area contributed by atoms with Gasteiger partial charge in [0.2, 0.25) is 6.17 Å². The minimum absolute atomic E-state index is 0.335. The van der Waals surface area contributed by atoms with E-state index in [0.717, 1.165) is 21.9 Å². The number of nitrogens with zero attached hydrogens (tertiary/aromatic N) is 1. The fourth-order valence-corrected chi connectivity index (χ4v) is 3.95. The second-order valence-electron chi connectivity index (χ2n) is 7.65. The molecule has 162 valence electrons. The molecule has 0 radical (unpaired) electrons. The third kappa shape index (κ3) is 3.94. The average molecular weight is 435 g/mol. The standard InChI is InChI=1S/C27H21N3O3/c1-33-23-16-19-12-6-5-11-18(19)15-21(23)26(31)30-25-27(32)28-22-14-8-7-13-20(22)24(29-25)17-9-3-2-4-10-17/h2-16,25H,1H3,(H,28,32)(H,30,31)/t25-/m1/s1. The van der Waals surface area contributed by atoms with Crippen LogP contribution in [0.5, 0.6) is 5.75 Å². The van der Waals surface area contributed by atoms with E-state index >= 15 is 0 Å². The topological polar surface area (TPSA) is 79.8 Å².